The van der Waals surface area contributed by atoms with Gasteiger partial charge in [-0.2, -0.15) is 13.2 Å². The van der Waals surface area contributed by atoms with Gasteiger partial charge in [-0.1, -0.05) is 0 Å². The second kappa shape index (κ2) is 4.99. The van der Waals surface area contributed by atoms with Crippen LogP contribution in [0.15, 0.2) is 17.2 Å². The molecule has 1 N–H and O–H groups in total. The van der Waals surface area contributed by atoms with Gasteiger partial charge in [-0.15, -0.1) is 0 Å². The van der Waals surface area contributed by atoms with Gasteiger partial charge in [0, 0.05) is 31.4 Å². The molecule has 1 aromatic rings. The lowest BCUT2D eigenvalue weighted by Gasteiger charge is -2.09. The van der Waals surface area contributed by atoms with Crippen LogP contribution in [-0.4, -0.2) is 22.3 Å². The van der Waals surface area contributed by atoms with Crippen LogP contribution in [0.5, 0.6) is 0 Å². The second-order valence-corrected chi connectivity index (χ2v) is 4.36. The Balaban J connectivity index is 1.90. The highest BCUT2D eigenvalue weighted by molar-refractivity contribution is 5.30. The largest absolute Gasteiger partial charge is 0.389 e. The van der Waals surface area contributed by atoms with Gasteiger partial charge in [0.05, 0.1) is 0 Å². The first-order valence-electron chi connectivity index (χ1n) is 5.85. The molecule has 0 bridgehead atoms. The predicted molar refractivity (Wildman–Crippen MR) is 60.5 cm³/mol. The fourth-order valence-electron chi connectivity index (χ4n) is 1.68. The molecule has 4 nitrogen and oxygen atoms in total. The van der Waals surface area contributed by atoms with E-state index in [0.717, 1.165) is 12.8 Å². The van der Waals surface area contributed by atoms with Crippen molar-refractivity contribution in [1.82, 2.24) is 9.55 Å². The first kappa shape index (κ1) is 12.9. The van der Waals surface area contributed by atoms with Gasteiger partial charge < -0.3 is 9.88 Å². The quantitative estimate of drug-likeness (QED) is 0.827. The summed E-state index contributed by atoms with van der Waals surface area (Å²) in [7, 11) is 0. The standard InChI is InChI=1S/C11H14F3N3O/c12-11(13,14)4-1-5-15-9-10(18)17(7-6-16-9)8-2-3-8/h6-8H,1-5H2,(H,15,16). The maximum Gasteiger partial charge on any atom is 0.389 e. The molecule has 1 aliphatic rings. The summed E-state index contributed by atoms with van der Waals surface area (Å²) < 4.78 is 37.4. The molecule has 0 unspecified atom stereocenters. The van der Waals surface area contributed by atoms with Crippen LogP contribution in [0, 0.1) is 0 Å². The zero-order chi connectivity index (χ0) is 13.2. The number of rotatable bonds is 5. The molecule has 0 aliphatic heterocycles. The van der Waals surface area contributed by atoms with Gasteiger partial charge in [-0.25, -0.2) is 4.98 Å². The van der Waals surface area contributed by atoms with Gasteiger partial charge in [-0.3, -0.25) is 4.79 Å². The van der Waals surface area contributed by atoms with E-state index in [-0.39, 0.29) is 30.4 Å². The summed E-state index contributed by atoms with van der Waals surface area (Å²) in [6, 6.07) is 0.233. The van der Waals surface area contributed by atoms with Crippen LogP contribution >= 0.6 is 0 Å². The van der Waals surface area contributed by atoms with Crippen molar-refractivity contribution in [1.29, 1.82) is 0 Å². The highest BCUT2D eigenvalue weighted by Crippen LogP contribution is 2.33. The second-order valence-electron chi connectivity index (χ2n) is 4.36. The number of nitrogens with one attached hydrogen (secondary N) is 1. The lowest BCUT2D eigenvalue weighted by atomic mass is 10.3. The van der Waals surface area contributed by atoms with Crippen LogP contribution < -0.4 is 10.9 Å². The minimum absolute atomic E-state index is 0.0665. The molecule has 0 amide bonds. The number of hydrogen-bond donors (Lipinski definition) is 1. The van der Waals surface area contributed by atoms with E-state index in [1.54, 1.807) is 10.8 Å². The van der Waals surface area contributed by atoms with Crippen LogP contribution in [-0.2, 0) is 0 Å². The van der Waals surface area contributed by atoms with Crippen molar-refractivity contribution < 1.29 is 13.2 Å². The van der Waals surface area contributed by atoms with Crippen molar-refractivity contribution in [2.45, 2.75) is 37.9 Å². The minimum atomic E-state index is -4.15. The van der Waals surface area contributed by atoms with E-state index in [0.29, 0.717) is 0 Å². The number of nitrogens with zero attached hydrogens (tertiary/aromatic N) is 2. The third-order valence-electron chi connectivity index (χ3n) is 2.74. The first-order chi connectivity index (χ1) is 8.47. The molecule has 100 valence electrons. The van der Waals surface area contributed by atoms with Gasteiger partial charge in [-0.05, 0) is 19.3 Å². The van der Waals surface area contributed by atoms with Gasteiger partial charge >= 0.3 is 6.18 Å². The predicted octanol–water partition coefficient (Wildman–Crippen LogP) is 2.33. The van der Waals surface area contributed by atoms with Gasteiger partial charge in [0.2, 0.25) is 0 Å². The van der Waals surface area contributed by atoms with Crippen LogP contribution in [0.4, 0.5) is 19.0 Å². The van der Waals surface area contributed by atoms with E-state index in [1.807, 2.05) is 0 Å². The monoisotopic (exact) mass is 261 g/mol. The molecular formula is C11H14F3N3O. The van der Waals surface area contributed by atoms with Crippen molar-refractivity contribution in [3.63, 3.8) is 0 Å². The summed E-state index contributed by atoms with van der Waals surface area (Å²) in [5.41, 5.74) is -0.257. The fourth-order valence-corrected chi connectivity index (χ4v) is 1.68. The molecule has 1 aliphatic carbocycles. The summed E-state index contributed by atoms with van der Waals surface area (Å²) >= 11 is 0. The number of alkyl halides is 3. The molecule has 1 fully saturated rings. The molecule has 0 atom stereocenters. The number of halogens is 3. The summed E-state index contributed by atoms with van der Waals surface area (Å²) in [4.78, 5) is 15.7. The van der Waals surface area contributed by atoms with Crippen LogP contribution in [0.25, 0.3) is 0 Å². The summed E-state index contributed by atoms with van der Waals surface area (Å²) in [6.07, 6.45) is -0.0336. The minimum Gasteiger partial charge on any atom is -0.365 e. The molecule has 7 heteroatoms. The third-order valence-corrected chi connectivity index (χ3v) is 2.74. The Hall–Kier alpha value is -1.53. The highest BCUT2D eigenvalue weighted by atomic mass is 19.4. The molecule has 18 heavy (non-hydrogen) atoms. The molecule has 0 saturated heterocycles. The number of anilines is 1. The zero-order valence-corrected chi connectivity index (χ0v) is 9.70. The fraction of sp³-hybridized carbons (Fsp3) is 0.636. The van der Waals surface area contributed by atoms with E-state index in [9.17, 15) is 18.0 Å². The summed E-state index contributed by atoms with van der Waals surface area (Å²) in [6.45, 7) is 0.0937. The molecule has 1 heterocycles. The molecule has 1 saturated carbocycles. The lowest BCUT2D eigenvalue weighted by molar-refractivity contribution is -0.134. The maximum absolute atomic E-state index is 11.9. The zero-order valence-electron chi connectivity index (χ0n) is 9.70. The van der Waals surface area contributed by atoms with Crippen molar-refractivity contribution in [2.75, 3.05) is 11.9 Å². The Morgan fingerprint density at radius 3 is 2.78 bits per heavy atom. The third kappa shape index (κ3) is 3.48. The van der Waals surface area contributed by atoms with Crippen molar-refractivity contribution in [2.24, 2.45) is 0 Å². The first-order valence-corrected chi connectivity index (χ1v) is 5.85. The molecule has 2 rings (SSSR count). The van der Waals surface area contributed by atoms with E-state index in [1.165, 1.54) is 6.20 Å². The molecule has 0 spiro atoms. The maximum atomic E-state index is 11.9. The van der Waals surface area contributed by atoms with E-state index in [2.05, 4.69) is 10.3 Å². The van der Waals surface area contributed by atoms with Crippen molar-refractivity contribution in [3.8, 4) is 0 Å². The van der Waals surface area contributed by atoms with Crippen LogP contribution in [0.2, 0.25) is 0 Å². The molecule has 1 aromatic heterocycles. The SMILES string of the molecule is O=c1c(NCCCC(F)(F)F)nccn1C1CC1. The summed E-state index contributed by atoms with van der Waals surface area (Å²) in [5.74, 6) is 0.131. The average molecular weight is 261 g/mol. The van der Waals surface area contributed by atoms with Crippen LogP contribution in [0.3, 0.4) is 0 Å². The molecule has 0 aromatic carbocycles. The van der Waals surface area contributed by atoms with Crippen LogP contribution in [0.1, 0.15) is 31.7 Å². The Bertz CT molecular complexity index is 465. The van der Waals surface area contributed by atoms with Gasteiger partial charge in [0.25, 0.3) is 5.56 Å². The van der Waals surface area contributed by atoms with E-state index >= 15 is 0 Å². The Kier molecular flexibility index (Phi) is 3.58. The topological polar surface area (TPSA) is 46.9 Å². The summed E-state index contributed by atoms with van der Waals surface area (Å²) in [5, 5.41) is 2.66. The van der Waals surface area contributed by atoms with E-state index < -0.39 is 12.6 Å². The Labute approximate surface area is 102 Å². The number of aromatic nitrogens is 2. The van der Waals surface area contributed by atoms with Gasteiger partial charge in [0.1, 0.15) is 0 Å². The number of hydrogen-bond acceptors (Lipinski definition) is 3. The van der Waals surface area contributed by atoms with Crippen molar-refractivity contribution in [3.05, 3.63) is 22.7 Å². The Morgan fingerprint density at radius 2 is 2.17 bits per heavy atom. The lowest BCUT2D eigenvalue weighted by Crippen LogP contribution is -2.24. The molecular weight excluding hydrogens is 247 g/mol. The normalized spacial score (nSPS) is 15.7. The smallest absolute Gasteiger partial charge is 0.365 e. The molecule has 0 radical (unpaired) electrons. The van der Waals surface area contributed by atoms with Crippen molar-refractivity contribution >= 4 is 5.82 Å². The Morgan fingerprint density at radius 1 is 1.44 bits per heavy atom. The average Bonchev–Trinajstić information content (AvgIpc) is 3.09. The van der Waals surface area contributed by atoms with Gasteiger partial charge in [0.15, 0.2) is 5.82 Å². The highest BCUT2D eigenvalue weighted by Gasteiger charge is 2.26. The van der Waals surface area contributed by atoms with E-state index in [4.69, 9.17) is 0 Å².